The Hall–Kier alpha value is -2.20. The summed E-state index contributed by atoms with van der Waals surface area (Å²) in [4.78, 5) is 16.6. The number of urea groups is 1. The number of rotatable bonds is 2. The molecule has 8 heteroatoms. The molecular weight excluding hydrogens is 471 g/mol. The fraction of sp³-hybridized carbons (Fsp3) is 0.350. The van der Waals surface area contributed by atoms with Gasteiger partial charge in [0.1, 0.15) is 24.9 Å². The van der Waals surface area contributed by atoms with Crippen LogP contribution in [0.4, 0.5) is 21.9 Å². The lowest BCUT2D eigenvalue weighted by Crippen LogP contribution is -2.48. The van der Waals surface area contributed by atoms with Gasteiger partial charge >= 0.3 is 6.03 Å². The second kappa shape index (κ2) is 8.44. The molecule has 0 radical (unpaired) electrons. The number of ether oxygens (including phenoxy) is 1. The number of benzene rings is 2. The highest BCUT2D eigenvalue weighted by atomic mass is 127. The second-order valence-electron chi connectivity index (χ2n) is 6.95. The molecule has 2 aliphatic heterocycles. The van der Waals surface area contributed by atoms with Crippen molar-refractivity contribution in [3.63, 3.8) is 0 Å². The van der Waals surface area contributed by atoms with Crippen molar-refractivity contribution in [2.24, 2.45) is 0 Å². The van der Waals surface area contributed by atoms with Crippen molar-refractivity contribution in [2.75, 3.05) is 42.1 Å². The predicted octanol–water partition coefficient (Wildman–Crippen LogP) is 3.86. The molecule has 1 fully saturated rings. The largest absolute Gasteiger partial charge is 0.506 e. The number of likely N-dealkylation sites (tertiary alicyclic amines) is 1. The average molecular weight is 494 g/mol. The monoisotopic (exact) mass is 494 g/mol. The van der Waals surface area contributed by atoms with Gasteiger partial charge in [-0.05, 0) is 71.8 Å². The third kappa shape index (κ3) is 4.12. The zero-order valence-corrected chi connectivity index (χ0v) is 17.6. The van der Waals surface area contributed by atoms with Gasteiger partial charge in [0.25, 0.3) is 0 Å². The standard InChI is InChI=1S/C20H23IN4O3/c21-14-4-6-15(7-5-14)23-20(27)24-10-8-16(9-11-24)25-13-28-12-22-19-17(25)2-1-3-18(19)26/h1-7,16,22,26H,8-13H2,(H,23,27). The van der Waals surface area contributed by atoms with E-state index in [1.807, 2.05) is 41.3 Å². The van der Waals surface area contributed by atoms with Crippen molar-refractivity contribution in [1.29, 1.82) is 0 Å². The molecule has 0 unspecified atom stereocenters. The van der Waals surface area contributed by atoms with Crippen LogP contribution in [-0.4, -0.2) is 48.6 Å². The van der Waals surface area contributed by atoms with Gasteiger partial charge in [0, 0.05) is 28.4 Å². The van der Waals surface area contributed by atoms with Crippen molar-refractivity contribution < 1.29 is 14.6 Å². The van der Waals surface area contributed by atoms with Crippen LogP contribution in [0.3, 0.4) is 0 Å². The Bertz CT molecular complexity index is 838. The molecule has 28 heavy (non-hydrogen) atoms. The number of piperidine rings is 1. The van der Waals surface area contributed by atoms with Gasteiger partial charge in [0.05, 0.1) is 5.69 Å². The van der Waals surface area contributed by atoms with Gasteiger partial charge in [-0.15, -0.1) is 0 Å². The van der Waals surface area contributed by atoms with Gasteiger partial charge in [-0.25, -0.2) is 4.79 Å². The number of phenols is 1. The smallest absolute Gasteiger partial charge is 0.321 e. The molecule has 2 aliphatic rings. The van der Waals surface area contributed by atoms with E-state index in [-0.39, 0.29) is 17.8 Å². The minimum absolute atomic E-state index is 0.0634. The lowest BCUT2D eigenvalue weighted by molar-refractivity contribution is 0.138. The number of hydrogen-bond acceptors (Lipinski definition) is 5. The van der Waals surface area contributed by atoms with Crippen LogP contribution < -0.4 is 15.5 Å². The number of anilines is 3. The fourth-order valence-corrected chi connectivity index (χ4v) is 4.06. The molecule has 2 aromatic rings. The Morgan fingerprint density at radius 1 is 1.18 bits per heavy atom. The third-order valence-corrected chi connectivity index (χ3v) is 5.92. The Labute approximate surface area is 177 Å². The van der Waals surface area contributed by atoms with E-state index < -0.39 is 0 Å². The zero-order valence-electron chi connectivity index (χ0n) is 15.4. The maximum atomic E-state index is 12.6. The number of phenolic OH excluding ortho intramolecular Hbond substituents is 1. The summed E-state index contributed by atoms with van der Waals surface area (Å²) in [7, 11) is 0. The van der Waals surface area contributed by atoms with Crippen LogP contribution in [0.5, 0.6) is 5.75 Å². The first-order chi connectivity index (χ1) is 13.6. The van der Waals surface area contributed by atoms with Crippen LogP contribution in [0.25, 0.3) is 0 Å². The summed E-state index contributed by atoms with van der Waals surface area (Å²) < 4.78 is 6.81. The summed E-state index contributed by atoms with van der Waals surface area (Å²) in [6.45, 7) is 2.18. The van der Waals surface area contributed by atoms with E-state index in [0.29, 0.717) is 32.2 Å². The molecule has 0 aliphatic carbocycles. The molecule has 2 aromatic carbocycles. The van der Waals surface area contributed by atoms with Crippen LogP contribution in [0, 0.1) is 3.57 Å². The second-order valence-corrected chi connectivity index (χ2v) is 8.20. The molecule has 0 saturated carbocycles. The topological polar surface area (TPSA) is 77.1 Å². The molecule has 7 nitrogen and oxygen atoms in total. The van der Waals surface area contributed by atoms with Gasteiger partial charge in [-0.2, -0.15) is 0 Å². The normalized spacial score (nSPS) is 17.5. The number of halogens is 1. The number of para-hydroxylation sites is 1. The van der Waals surface area contributed by atoms with Crippen LogP contribution in [0.2, 0.25) is 0 Å². The molecule has 3 N–H and O–H groups in total. The summed E-state index contributed by atoms with van der Waals surface area (Å²) >= 11 is 2.24. The molecule has 1 saturated heterocycles. The molecule has 0 aromatic heterocycles. The number of carbonyl (C=O) groups excluding carboxylic acids is 1. The fourth-order valence-electron chi connectivity index (χ4n) is 3.70. The van der Waals surface area contributed by atoms with E-state index >= 15 is 0 Å². The van der Waals surface area contributed by atoms with Crippen LogP contribution in [-0.2, 0) is 4.74 Å². The molecular formula is C20H23IN4O3. The molecule has 148 valence electrons. The van der Waals surface area contributed by atoms with Gasteiger partial charge < -0.3 is 30.3 Å². The van der Waals surface area contributed by atoms with Gasteiger partial charge in [0.2, 0.25) is 0 Å². The van der Waals surface area contributed by atoms with E-state index in [0.717, 1.165) is 27.8 Å². The van der Waals surface area contributed by atoms with Crippen molar-refractivity contribution in [2.45, 2.75) is 18.9 Å². The summed E-state index contributed by atoms with van der Waals surface area (Å²) in [6, 6.07) is 13.5. The van der Waals surface area contributed by atoms with E-state index in [1.165, 1.54) is 0 Å². The van der Waals surface area contributed by atoms with E-state index in [9.17, 15) is 9.90 Å². The Balaban J connectivity index is 1.39. The first-order valence-electron chi connectivity index (χ1n) is 9.33. The molecule has 0 spiro atoms. The van der Waals surface area contributed by atoms with Gasteiger partial charge in [-0.1, -0.05) is 6.07 Å². The van der Waals surface area contributed by atoms with Gasteiger partial charge in [-0.3, -0.25) is 0 Å². The van der Waals surface area contributed by atoms with E-state index in [1.54, 1.807) is 6.07 Å². The minimum Gasteiger partial charge on any atom is -0.506 e. The zero-order chi connectivity index (χ0) is 19.5. The maximum absolute atomic E-state index is 12.6. The van der Waals surface area contributed by atoms with E-state index in [4.69, 9.17) is 4.74 Å². The Morgan fingerprint density at radius 2 is 1.93 bits per heavy atom. The number of amides is 2. The highest BCUT2D eigenvalue weighted by molar-refractivity contribution is 14.1. The maximum Gasteiger partial charge on any atom is 0.321 e. The number of carbonyl (C=O) groups is 1. The molecule has 0 bridgehead atoms. The molecule has 2 amide bonds. The lowest BCUT2D eigenvalue weighted by Gasteiger charge is -2.39. The number of aromatic hydroxyl groups is 1. The predicted molar refractivity (Wildman–Crippen MR) is 118 cm³/mol. The number of fused-ring (bicyclic) bond motifs is 1. The van der Waals surface area contributed by atoms with E-state index in [2.05, 4.69) is 38.1 Å². The lowest BCUT2D eigenvalue weighted by atomic mass is 10.0. The Morgan fingerprint density at radius 3 is 2.68 bits per heavy atom. The average Bonchev–Trinajstić information content (AvgIpc) is 2.93. The number of nitrogens with zero attached hydrogens (tertiary/aromatic N) is 2. The summed E-state index contributed by atoms with van der Waals surface area (Å²) in [6.07, 6.45) is 1.69. The van der Waals surface area contributed by atoms with Crippen LogP contribution >= 0.6 is 22.6 Å². The molecule has 2 heterocycles. The quantitative estimate of drug-likeness (QED) is 0.437. The molecule has 4 rings (SSSR count). The number of nitrogens with one attached hydrogen (secondary N) is 2. The van der Waals surface area contributed by atoms with Crippen molar-refractivity contribution in [3.05, 3.63) is 46.0 Å². The third-order valence-electron chi connectivity index (χ3n) is 5.20. The minimum atomic E-state index is -0.0634. The summed E-state index contributed by atoms with van der Waals surface area (Å²) in [5, 5.41) is 16.3. The summed E-state index contributed by atoms with van der Waals surface area (Å²) in [5.41, 5.74) is 2.46. The van der Waals surface area contributed by atoms with Crippen molar-refractivity contribution in [3.8, 4) is 5.75 Å². The first kappa shape index (κ1) is 19.1. The first-order valence-corrected chi connectivity index (χ1v) is 10.4. The van der Waals surface area contributed by atoms with Crippen LogP contribution in [0.15, 0.2) is 42.5 Å². The SMILES string of the molecule is O=C(Nc1ccc(I)cc1)N1CCC(N2COCNc3c(O)cccc32)CC1. The highest BCUT2D eigenvalue weighted by Crippen LogP contribution is 2.37. The summed E-state index contributed by atoms with van der Waals surface area (Å²) in [5.74, 6) is 0.224. The Kier molecular flexibility index (Phi) is 5.77. The number of hydrogen-bond donors (Lipinski definition) is 3. The highest BCUT2D eigenvalue weighted by Gasteiger charge is 2.30. The molecule has 0 atom stereocenters. The van der Waals surface area contributed by atoms with Crippen molar-refractivity contribution in [1.82, 2.24) is 4.90 Å². The van der Waals surface area contributed by atoms with Gasteiger partial charge in [0.15, 0.2) is 0 Å². The van der Waals surface area contributed by atoms with Crippen LogP contribution in [0.1, 0.15) is 12.8 Å². The van der Waals surface area contributed by atoms with Crippen molar-refractivity contribution >= 4 is 45.7 Å².